The lowest BCUT2D eigenvalue weighted by Gasteiger charge is -2.11. The van der Waals surface area contributed by atoms with E-state index in [4.69, 9.17) is 11.6 Å². The molecule has 0 saturated heterocycles. The van der Waals surface area contributed by atoms with Gasteiger partial charge in [-0.05, 0) is 48.5 Å². The Morgan fingerprint density at radius 1 is 0.905 bits per heavy atom. The molecule has 1 N–H and O–H groups in total. The first-order valence-corrected chi connectivity index (χ1v) is 6.97. The number of nitrogens with one attached hydrogen (secondary N) is 1. The Morgan fingerprint density at radius 2 is 1.52 bits per heavy atom. The van der Waals surface area contributed by atoms with Gasteiger partial charge < -0.3 is 4.90 Å². The van der Waals surface area contributed by atoms with Gasteiger partial charge in [0.1, 0.15) is 0 Å². The summed E-state index contributed by atoms with van der Waals surface area (Å²) < 4.78 is 0. The third-order valence-electron chi connectivity index (χ3n) is 3.24. The number of anilines is 1. The lowest BCUT2D eigenvalue weighted by molar-refractivity contribution is 1.10. The Labute approximate surface area is 128 Å². The zero-order valence-electron chi connectivity index (χ0n) is 11.8. The second kappa shape index (κ2) is 5.58. The predicted molar refractivity (Wildman–Crippen MR) is 86.6 cm³/mol. The van der Waals surface area contributed by atoms with Gasteiger partial charge in [-0.2, -0.15) is 5.10 Å². The van der Waals surface area contributed by atoms with Crippen LogP contribution in [0.15, 0.2) is 48.5 Å². The minimum Gasteiger partial charge on any atom is -0.378 e. The van der Waals surface area contributed by atoms with E-state index < -0.39 is 0 Å². The van der Waals surface area contributed by atoms with E-state index in [-0.39, 0.29) is 0 Å². The average Bonchev–Trinajstić information content (AvgIpc) is 2.98. The number of nitrogens with zero attached hydrogens (tertiary/aromatic N) is 3. The van der Waals surface area contributed by atoms with Crippen LogP contribution in [0.2, 0.25) is 5.02 Å². The molecule has 0 aliphatic rings. The largest absolute Gasteiger partial charge is 0.378 e. The van der Waals surface area contributed by atoms with Gasteiger partial charge in [0.15, 0.2) is 11.6 Å². The van der Waals surface area contributed by atoms with Crippen molar-refractivity contribution >= 4 is 17.3 Å². The molecule has 0 atom stereocenters. The quantitative estimate of drug-likeness (QED) is 0.798. The van der Waals surface area contributed by atoms with E-state index in [1.54, 1.807) is 0 Å². The monoisotopic (exact) mass is 298 g/mol. The van der Waals surface area contributed by atoms with Crippen LogP contribution < -0.4 is 4.90 Å². The summed E-state index contributed by atoms with van der Waals surface area (Å²) in [4.78, 5) is 6.59. The summed E-state index contributed by atoms with van der Waals surface area (Å²) in [5.74, 6) is 1.42. The summed E-state index contributed by atoms with van der Waals surface area (Å²) in [7, 11) is 4.03. The lowest BCUT2D eigenvalue weighted by Crippen LogP contribution is -2.07. The average molecular weight is 299 g/mol. The maximum absolute atomic E-state index is 5.89. The fraction of sp³-hybridized carbons (Fsp3) is 0.125. The molecule has 2 aromatic carbocycles. The van der Waals surface area contributed by atoms with Crippen LogP contribution in [-0.4, -0.2) is 29.3 Å². The zero-order chi connectivity index (χ0) is 14.8. The van der Waals surface area contributed by atoms with E-state index in [2.05, 4.69) is 20.1 Å². The van der Waals surface area contributed by atoms with Crippen LogP contribution in [0.4, 0.5) is 5.69 Å². The standard InChI is InChI=1S/C16H15ClN4/c1-21(2)14-9-5-12(6-10-14)16-18-15(19-20-16)11-3-7-13(17)8-4-11/h3-10H,1-2H3,(H,18,19,20). The van der Waals surface area contributed by atoms with Gasteiger partial charge in [-0.1, -0.05) is 11.6 Å². The molecule has 1 heterocycles. The van der Waals surface area contributed by atoms with Crippen molar-refractivity contribution < 1.29 is 0 Å². The summed E-state index contributed by atoms with van der Waals surface area (Å²) >= 11 is 5.89. The SMILES string of the molecule is CN(C)c1ccc(-c2n[nH]c(-c3ccc(Cl)cc3)n2)cc1. The summed E-state index contributed by atoms with van der Waals surface area (Å²) in [6, 6.07) is 15.6. The molecule has 3 aromatic rings. The first-order chi connectivity index (χ1) is 10.1. The molecule has 0 aliphatic heterocycles. The van der Waals surface area contributed by atoms with Crippen LogP contribution in [0.5, 0.6) is 0 Å². The summed E-state index contributed by atoms with van der Waals surface area (Å²) in [6.07, 6.45) is 0. The fourth-order valence-corrected chi connectivity index (χ4v) is 2.16. The van der Waals surface area contributed by atoms with E-state index in [0.717, 1.165) is 22.6 Å². The molecule has 0 radical (unpaired) electrons. The van der Waals surface area contributed by atoms with Crippen molar-refractivity contribution in [3.05, 3.63) is 53.6 Å². The first-order valence-electron chi connectivity index (χ1n) is 6.59. The molecule has 0 saturated carbocycles. The Hall–Kier alpha value is -2.33. The third-order valence-corrected chi connectivity index (χ3v) is 3.50. The second-order valence-corrected chi connectivity index (χ2v) is 5.39. The van der Waals surface area contributed by atoms with Gasteiger partial charge in [0, 0.05) is 35.9 Å². The number of hydrogen-bond donors (Lipinski definition) is 1. The Balaban J connectivity index is 1.89. The van der Waals surface area contributed by atoms with Crippen molar-refractivity contribution in [2.75, 3.05) is 19.0 Å². The molecule has 0 amide bonds. The number of aromatic amines is 1. The molecule has 0 fully saturated rings. The number of hydrogen-bond acceptors (Lipinski definition) is 3. The normalized spacial score (nSPS) is 10.6. The molecule has 3 rings (SSSR count). The van der Waals surface area contributed by atoms with Crippen LogP contribution in [0.1, 0.15) is 0 Å². The second-order valence-electron chi connectivity index (χ2n) is 4.96. The molecular formula is C16H15ClN4. The molecule has 4 nitrogen and oxygen atoms in total. The van der Waals surface area contributed by atoms with Crippen LogP contribution >= 0.6 is 11.6 Å². The zero-order valence-corrected chi connectivity index (χ0v) is 12.6. The summed E-state index contributed by atoms with van der Waals surface area (Å²) in [5.41, 5.74) is 3.09. The van der Waals surface area contributed by atoms with Gasteiger partial charge >= 0.3 is 0 Å². The number of aromatic nitrogens is 3. The van der Waals surface area contributed by atoms with Crippen molar-refractivity contribution in [2.24, 2.45) is 0 Å². The highest BCUT2D eigenvalue weighted by molar-refractivity contribution is 6.30. The molecule has 21 heavy (non-hydrogen) atoms. The van der Waals surface area contributed by atoms with Crippen molar-refractivity contribution in [2.45, 2.75) is 0 Å². The Kier molecular flexibility index (Phi) is 3.62. The minimum absolute atomic E-state index is 0.685. The Morgan fingerprint density at radius 3 is 2.14 bits per heavy atom. The van der Waals surface area contributed by atoms with E-state index in [9.17, 15) is 0 Å². The smallest absolute Gasteiger partial charge is 0.181 e. The molecule has 106 valence electrons. The fourth-order valence-electron chi connectivity index (χ4n) is 2.04. The van der Waals surface area contributed by atoms with Crippen molar-refractivity contribution in [1.29, 1.82) is 0 Å². The van der Waals surface area contributed by atoms with Gasteiger partial charge in [0.05, 0.1) is 0 Å². The van der Waals surface area contributed by atoms with Gasteiger partial charge in [-0.3, -0.25) is 5.10 Å². The number of benzene rings is 2. The van der Waals surface area contributed by atoms with E-state index >= 15 is 0 Å². The molecule has 0 bridgehead atoms. The highest BCUT2D eigenvalue weighted by atomic mass is 35.5. The number of halogens is 1. The van der Waals surface area contributed by atoms with Gasteiger partial charge in [0.2, 0.25) is 0 Å². The van der Waals surface area contributed by atoms with Gasteiger partial charge in [0.25, 0.3) is 0 Å². The van der Waals surface area contributed by atoms with Crippen LogP contribution in [0.3, 0.4) is 0 Å². The number of H-pyrrole nitrogens is 1. The molecule has 0 aliphatic carbocycles. The molecule has 0 unspecified atom stereocenters. The van der Waals surface area contributed by atoms with Crippen LogP contribution in [0, 0.1) is 0 Å². The number of rotatable bonds is 3. The van der Waals surface area contributed by atoms with E-state index in [1.807, 2.05) is 62.6 Å². The van der Waals surface area contributed by atoms with Crippen molar-refractivity contribution in [3.8, 4) is 22.8 Å². The topological polar surface area (TPSA) is 44.8 Å². The highest BCUT2D eigenvalue weighted by Crippen LogP contribution is 2.23. The van der Waals surface area contributed by atoms with Crippen LogP contribution in [0.25, 0.3) is 22.8 Å². The van der Waals surface area contributed by atoms with E-state index in [0.29, 0.717) is 10.8 Å². The lowest BCUT2D eigenvalue weighted by atomic mass is 10.2. The molecule has 1 aromatic heterocycles. The van der Waals surface area contributed by atoms with Gasteiger partial charge in [-0.15, -0.1) is 0 Å². The van der Waals surface area contributed by atoms with E-state index in [1.165, 1.54) is 0 Å². The summed E-state index contributed by atoms with van der Waals surface area (Å²) in [5, 5.41) is 7.95. The Bertz CT molecular complexity index is 730. The first kappa shape index (κ1) is 13.6. The molecular weight excluding hydrogens is 284 g/mol. The molecule has 5 heteroatoms. The van der Waals surface area contributed by atoms with Gasteiger partial charge in [-0.25, -0.2) is 4.98 Å². The molecule has 0 spiro atoms. The third kappa shape index (κ3) is 2.90. The minimum atomic E-state index is 0.685. The highest BCUT2D eigenvalue weighted by Gasteiger charge is 2.08. The van der Waals surface area contributed by atoms with Crippen molar-refractivity contribution in [3.63, 3.8) is 0 Å². The maximum atomic E-state index is 5.89. The summed E-state index contributed by atoms with van der Waals surface area (Å²) in [6.45, 7) is 0. The van der Waals surface area contributed by atoms with Crippen molar-refractivity contribution in [1.82, 2.24) is 15.2 Å². The van der Waals surface area contributed by atoms with Crippen LogP contribution in [-0.2, 0) is 0 Å². The predicted octanol–water partition coefficient (Wildman–Crippen LogP) is 3.86. The maximum Gasteiger partial charge on any atom is 0.181 e.